The number of anilines is 1. The summed E-state index contributed by atoms with van der Waals surface area (Å²) in [5.41, 5.74) is 0. The zero-order valence-corrected chi connectivity index (χ0v) is 15.6. The summed E-state index contributed by atoms with van der Waals surface area (Å²) in [5.74, 6) is 3.82. The zero-order valence-electron chi connectivity index (χ0n) is 13.2. The minimum absolute atomic E-state index is 0.145. The predicted octanol–water partition coefficient (Wildman–Crippen LogP) is 2.04. The summed E-state index contributed by atoms with van der Waals surface area (Å²) in [6.45, 7) is 3.42. The lowest BCUT2D eigenvalue weighted by Gasteiger charge is -2.35. The van der Waals surface area contributed by atoms with Gasteiger partial charge in [0.2, 0.25) is 17.7 Å². The Bertz CT molecular complexity index is 560. The van der Waals surface area contributed by atoms with E-state index in [1.165, 1.54) is 0 Å². The van der Waals surface area contributed by atoms with Crippen molar-refractivity contribution >= 4 is 39.5 Å². The molecule has 0 unspecified atom stereocenters. The first kappa shape index (κ1) is 16.8. The summed E-state index contributed by atoms with van der Waals surface area (Å²) >= 11 is 5.30. The predicted molar refractivity (Wildman–Crippen MR) is 95.1 cm³/mol. The molecule has 3 rings (SSSR count). The van der Waals surface area contributed by atoms with Crippen molar-refractivity contribution in [2.75, 3.05) is 49.7 Å². The molecule has 2 saturated heterocycles. The molecule has 0 N–H and O–H groups in total. The number of thioether (sulfide) groups is 1. The van der Waals surface area contributed by atoms with Gasteiger partial charge in [-0.2, -0.15) is 16.7 Å². The molecule has 2 aliphatic heterocycles. The average molecular weight is 401 g/mol. The number of methoxy groups -OCH3 is 1. The molecule has 0 saturated carbocycles. The van der Waals surface area contributed by atoms with Crippen LogP contribution in [-0.2, 0) is 4.79 Å². The Labute approximate surface area is 149 Å². The molecule has 6 nitrogen and oxygen atoms in total. The fourth-order valence-corrected chi connectivity index (χ4v) is 4.26. The van der Waals surface area contributed by atoms with Crippen molar-refractivity contribution in [1.82, 2.24) is 14.9 Å². The van der Waals surface area contributed by atoms with Gasteiger partial charge in [-0.15, -0.1) is 0 Å². The van der Waals surface area contributed by atoms with E-state index in [4.69, 9.17) is 4.74 Å². The van der Waals surface area contributed by atoms with Crippen LogP contribution >= 0.6 is 27.7 Å². The zero-order chi connectivity index (χ0) is 16.2. The Morgan fingerprint density at radius 1 is 1.30 bits per heavy atom. The molecule has 0 aliphatic carbocycles. The Morgan fingerprint density at radius 2 is 2.00 bits per heavy atom. The lowest BCUT2D eigenvalue weighted by molar-refractivity contribution is -0.135. The van der Waals surface area contributed by atoms with E-state index in [0.717, 1.165) is 55.0 Å². The number of rotatable bonds is 3. The first-order chi connectivity index (χ1) is 11.2. The first-order valence-electron chi connectivity index (χ1n) is 7.87. The van der Waals surface area contributed by atoms with Crippen LogP contribution < -0.4 is 9.64 Å². The topological polar surface area (TPSA) is 58.6 Å². The van der Waals surface area contributed by atoms with Gasteiger partial charge in [0, 0.05) is 43.6 Å². The second-order valence-corrected chi connectivity index (χ2v) is 7.81. The van der Waals surface area contributed by atoms with Crippen molar-refractivity contribution in [3.05, 3.63) is 10.7 Å². The molecule has 1 aromatic heterocycles. The molecular formula is C15H21BrN4O2S. The van der Waals surface area contributed by atoms with Crippen LogP contribution in [0.5, 0.6) is 5.88 Å². The van der Waals surface area contributed by atoms with Crippen LogP contribution in [-0.4, -0.2) is 65.6 Å². The third kappa shape index (κ3) is 3.91. The van der Waals surface area contributed by atoms with Gasteiger partial charge in [-0.3, -0.25) is 4.79 Å². The monoisotopic (exact) mass is 400 g/mol. The second kappa shape index (κ2) is 7.70. The standard InChI is InChI=1S/C15H21BrN4O2S/c1-22-13-12(16)10-17-15(18-13)20-4-2-11(3-5-20)14(21)19-6-8-23-9-7-19/h10-11H,2-9H2,1H3. The highest BCUT2D eigenvalue weighted by Crippen LogP contribution is 2.27. The first-order valence-corrected chi connectivity index (χ1v) is 9.82. The average Bonchev–Trinajstić information content (AvgIpc) is 2.62. The molecule has 8 heteroatoms. The van der Waals surface area contributed by atoms with Crippen LogP contribution in [0, 0.1) is 5.92 Å². The van der Waals surface area contributed by atoms with Crippen LogP contribution in [0.1, 0.15) is 12.8 Å². The molecule has 0 aromatic carbocycles. The highest BCUT2D eigenvalue weighted by Gasteiger charge is 2.30. The fourth-order valence-electron chi connectivity index (χ4n) is 3.01. The molecule has 0 radical (unpaired) electrons. The van der Waals surface area contributed by atoms with E-state index in [-0.39, 0.29) is 5.92 Å². The summed E-state index contributed by atoms with van der Waals surface area (Å²) in [5, 5.41) is 0. The Hall–Kier alpha value is -1.02. The third-order valence-corrected chi connectivity index (χ3v) is 5.83. The lowest BCUT2D eigenvalue weighted by Crippen LogP contribution is -2.45. The summed E-state index contributed by atoms with van der Waals surface area (Å²) < 4.78 is 5.97. The molecule has 2 aliphatic rings. The number of ether oxygens (including phenoxy) is 1. The van der Waals surface area contributed by atoms with Gasteiger partial charge >= 0.3 is 0 Å². The van der Waals surface area contributed by atoms with Crippen LogP contribution in [0.25, 0.3) is 0 Å². The molecule has 1 aromatic rings. The van der Waals surface area contributed by atoms with Crippen molar-refractivity contribution in [2.45, 2.75) is 12.8 Å². The minimum atomic E-state index is 0.145. The number of carbonyl (C=O) groups is 1. The number of amides is 1. The van der Waals surface area contributed by atoms with Crippen molar-refractivity contribution in [1.29, 1.82) is 0 Å². The molecule has 23 heavy (non-hydrogen) atoms. The van der Waals surface area contributed by atoms with Gasteiger partial charge in [0.15, 0.2) is 0 Å². The summed E-state index contributed by atoms with van der Waals surface area (Å²) in [6.07, 6.45) is 3.44. The maximum atomic E-state index is 12.6. The molecule has 0 bridgehead atoms. The molecule has 3 heterocycles. The van der Waals surface area contributed by atoms with Gasteiger partial charge in [0.05, 0.1) is 17.8 Å². The normalized spacial score (nSPS) is 19.7. The van der Waals surface area contributed by atoms with Gasteiger partial charge in [-0.1, -0.05) is 0 Å². The molecule has 0 spiro atoms. The van der Waals surface area contributed by atoms with E-state index in [0.29, 0.717) is 17.7 Å². The van der Waals surface area contributed by atoms with Crippen molar-refractivity contribution < 1.29 is 9.53 Å². The van der Waals surface area contributed by atoms with Gasteiger partial charge in [0.1, 0.15) is 0 Å². The van der Waals surface area contributed by atoms with Crippen LogP contribution in [0.3, 0.4) is 0 Å². The van der Waals surface area contributed by atoms with Crippen molar-refractivity contribution in [3.63, 3.8) is 0 Å². The van der Waals surface area contributed by atoms with Gasteiger partial charge in [-0.25, -0.2) is 4.98 Å². The number of halogens is 1. The van der Waals surface area contributed by atoms with Crippen molar-refractivity contribution in [2.24, 2.45) is 5.92 Å². The summed E-state index contributed by atoms with van der Waals surface area (Å²) in [4.78, 5) is 25.5. The minimum Gasteiger partial charge on any atom is -0.480 e. The number of aromatic nitrogens is 2. The Balaban J connectivity index is 1.58. The lowest BCUT2D eigenvalue weighted by atomic mass is 9.95. The van der Waals surface area contributed by atoms with Gasteiger partial charge < -0.3 is 14.5 Å². The quantitative estimate of drug-likeness (QED) is 0.773. The van der Waals surface area contributed by atoms with E-state index in [1.54, 1.807) is 13.3 Å². The van der Waals surface area contributed by atoms with Gasteiger partial charge in [-0.05, 0) is 28.8 Å². The smallest absolute Gasteiger partial charge is 0.232 e. The van der Waals surface area contributed by atoms with Crippen LogP contribution in [0.2, 0.25) is 0 Å². The number of carbonyl (C=O) groups excluding carboxylic acids is 1. The van der Waals surface area contributed by atoms with E-state index in [2.05, 4.69) is 30.8 Å². The second-order valence-electron chi connectivity index (χ2n) is 5.73. The molecule has 2 fully saturated rings. The Kier molecular flexibility index (Phi) is 5.63. The largest absolute Gasteiger partial charge is 0.480 e. The van der Waals surface area contributed by atoms with Crippen LogP contribution in [0.4, 0.5) is 5.95 Å². The maximum Gasteiger partial charge on any atom is 0.232 e. The van der Waals surface area contributed by atoms with E-state index >= 15 is 0 Å². The highest BCUT2D eigenvalue weighted by atomic mass is 79.9. The highest BCUT2D eigenvalue weighted by molar-refractivity contribution is 9.10. The molecule has 0 atom stereocenters. The number of hydrogen-bond donors (Lipinski definition) is 0. The summed E-state index contributed by atoms with van der Waals surface area (Å²) in [7, 11) is 1.60. The number of piperidine rings is 1. The number of hydrogen-bond acceptors (Lipinski definition) is 6. The van der Waals surface area contributed by atoms with E-state index in [1.807, 2.05) is 16.7 Å². The molecule has 1 amide bonds. The molecule has 126 valence electrons. The van der Waals surface area contributed by atoms with Gasteiger partial charge in [0.25, 0.3) is 0 Å². The van der Waals surface area contributed by atoms with E-state index < -0.39 is 0 Å². The van der Waals surface area contributed by atoms with Crippen LogP contribution in [0.15, 0.2) is 10.7 Å². The third-order valence-electron chi connectivity index (χ3n) is 4.34. The maximum absolute atomic E-state index is 12.6. The SMILES string of the molecule is COc1nc(N2CCC(C(=O)N3CCSCC3)CC2)ncc1Br. The summed E-state index contributed by atoms with van der Waals surface area (Å²) in [6, 6.07) is 0. The molecular weight excluding hydrogens is 380 g/mol. The number of nitrogens with zero attached hydrogens (tertiary/aromatic N) is 4. The fraction of sp³-hybridized carbons (Fsp3) is 0.667. The van der Waals surface area contributed by atoms with Crippen molar-refractivity contribution in [3.8, 4) is 5.88 Å². The van der Waals surface area contributed by atoms with E-state index in [9.17, 15) is 4.79 Å². The Morgan fingerprint density at radius 3 is 2.65 bits per heavy atom.